The molecule has 1 aromatic carbocycles. The van der Waals surface area contributed by atoms with Crippen LogP contribution in [0.4, 0.5) is 18.9 Å². The van der Waals surface area contributed by atoms with E-state index in [1.54, 1.807) is 19.1 Å². The van der Waals surface area contributed by atoms with Crippen LogP contribution in [-0.4, -0.2) is 49.8 Å². The first-order valence-electron chi connectivity index (χ1n) is 9.97. The molecule has 0 atom stereocenters. The monoisotopic (exact) mass is 499 g/mol. The van der Waals surface area contributed by atoms with E-state index in [-0.39, 0.29) is 34.3 Å². The van der Waals surface area contributed by atoms with Gasteiger partial charge in [-0.05, 0) is 44.2 Å². The summed E-state index contributed by atoms with van der Waals surface area (Å²) in [5, 5.41) is 3.44. The first kappa shape index (κ1) is 23.5. The minimum atomic E-state index is -4.67. The zero-order valence-corrected chi connectivity index (χ0v) is 19.4. The van der Waals surface area contributed by atoms with Crippen molar-refractivity contribution in [2.45, 2.75) is 24.9 Å². The predicted octanol–water partition coefficient (Wildman–Crippen LogP) is 4.44. The number of piperazine rings is 1. The number of rotatable bonds is 5. The van der Waals surface area contributed by atoms with Crippen molar-refractivity contribution in [1.29, 1.82) is 0 Å². The molecule has 12 heteroatoms. The molecule has 176 valence electrons. The number of Topliss-reactive ketones (excluding diaryl/α,β-unsaturated/α-hetero) is 1. The summed E-state index contributed by atoms with van der Waals surface area (Å²) < 4.78 is 70.6. The van der Waals surface area contributed by atoms with Gasteiger partial charge in [0.15, 0.2) is 5.78 Å². The zero-order chi connectivity index (χ0) is 24.0. The molecular weight excluding hydrogens is 479 g/mol. The van der Waals surface area contributed by atoms with Crippen molar-refractivity contribution in [3.05, 3.63) is 52.6 Å². The summed E-state index contributed by atoms with van der Waals surface area (Å²) >= 11 is 1.05. The molecule has 2 aromatic heterocycles. The highest BCUT2D eigenvalue weighted by atomic mass is 32.2. The quantitative estimate of drug-likeness (QED) is 0.483. The van der Waals surface area contributed by atoms with E-state index in [0.717, 1.165) is 23.1 Å². The Morgan fingerprint density at radius 1 is 1.09 bits per heavy atom. The molecule has 1 aliphatic rings. The Morgan fingerprint density at radius 2 is 1.73 bits per heavy atom. The number of halogens is 3. The van der Waals surface area contributed by atoms with E-state index in [0.29, 0.717) is 23.5 Å². The van der Waals surface area contributed by atoms with Crippen LogP contribution in [0.3, 0.4) is 0 Å². The fourth-order valence-electron chi connectivity index (χ4n) is 3.61. The van der Waals surface area contributed by atoms with Crippen LogP contribution in [0.1, 0.15) is 27.9 Å². The molecule has 0 spiro atoms. The van der Waals surface area contributed by atoms with E-state index < -0.39 is 22.0 Å². The maximum atomic E-state index is 13.2. The SMILES string of the molecule is CC(=O)c1ccc(N2CCN(S(=O)(=O)c3cc(-c4cc(C(F)(F)F)on4)sc3C)CC2)cc1. The summed E-state index contributed by atoms with van der Waals surface area (Å²) in [6, 6.07) is 9.26. The highest BCUT2D eigenvalue weighted by Crippen LogP contribution is 2.37. The lowest BCUT2D eigenvalue weighted by molar-refractivity contribution is -0.155. The molecule has 7 nitrogen and oxygen atoms in total. The van der Waals surface area contributed by atoms with Crippen LogP contribution < -0.4 is 4.90 Å². The van der Waals surface area contributed by atoms with Gasteiger partial charge < -0.3 is 9.42 Å². The standard InChI is InChI=1S/C21H20F3N3O4S2/c1-13(28)15-3-5-16(6-4-15)26-7-9-27(10-8-26)33(29,30)19-12-18(32-14(19)2)17-11-20(31-25-17)21(22,23)24/h3-6,11-12H,7-10H2,1-2H3. The molecule has 33 heavy (non-hydrogen) atoms. The number of sulfonamides is 1. The molecule has 0 amide bonds. The van der Waals surface area contributed by atoms with Crippen molar-refractivity contribution < 1.29 is 30.9 Å². The minimum absolute atomic E-state index is 0.0248. The molecule has 0 N–H and O–H groups in total. The van der Waals surface area contributed by atoms with Crippen LogP contribution in [0.5, 0.6) is 0 Å². The summed E-state index contributed by atoms with van der Waals surface area (Å²) in [7, 11) is -3.83. The molecule has 0 bridgehead atoms. The predicted molar refractivity (Wildman–Crippen MR) is 117 cm³/mol. The topological polar surface area (TPSA) is 83.7 Å². The number of thiophene rings is 1. The number of anilines is 1. The number of ketones is 1. The number of benzene rings is 1. The molecule has 0 saturated carbocycles. The smallest absolute Gasteiger partial charge is 0.369 e. The second-order valence-electron chi connectivity index (χ2n) is 7.60. The van der Waals surface area contributed by atoms with Gasteiger partial charge in [-0.1, -0.05) is 5.16 Å². The second kappa shape index (κ2) is 8.58. The van der Waals surface area contributed by atoms with Gasteiger partial charge in [0, 0.05) is 48.4 Å². The summed E-state index contributed by atoms with van der Waals surface area (Å²) in [4.78, 5) is 14.3. The molecule has 0 radical (unpaired) electrons. The Labute approximate surface area is 192 Å². The zero-order valence-electron chi connectivity index (χ0n) is 17.7. The first-order chi connectivity index (χ1) is 15.5. The number of carbonyl (C=O) groups excluding carboxylic acids is 1. The number of hydrogen-bond acceptors (Lipinski definition) is 7. The van der Waals surface area contributed by atoms with Gasteiger partial charge in [0.1, 0.15) is 5.69 Å². The van der Waals surface area contributed by atoms with Crippen molar-refractivity contribution in [3.8, 4) is 10.6 Å². The van der Waals surface area contributed by atoms with Gasteiger partial charge in [-0.3, -0.25) is 4.79 Å². The van der Waals surface area contributed by atoms with Crippen molar-refractivity contribution >= 4 is 32.8 Å². The Bertz CT molecular complexity index is 1270. The fraction of sp³-hybridized carbons (Fsp3) is 0.333. The molecule has 1 aliphatic heterocycles. The molecule has 3 aromatic rings. The van der Waals surface area contributed by atoms with Gasteiger partial charge in [0.05, 0.1) is 9.77 Å². The van der Waals surface area contributed by atoms with E-state index in [9.17, 15) is 26.4 Å². The van der Waals surface area contributed by atoms with Gasteiger partial charge in [-0.2, -0.15) is 17.5 Å². The van der Waals surface area contributed by atoms with Gasteiger partial charge in [-0.15, -0.1) is 11.3 Å². The number of hydrogen-bond donors (Lipinski definition) is 0. The van der Waals surface area contributed by atoms with Crippen molar-refractivity contribution in [2.24, 2.45) is 0 Å². The van der Waals surface area contributed by atoms with Gasteiger partial charge in [0.25, 0.3) is 0 Å². The van der Waals surface area contributed by atoms with Crippen molar-refractivity contribution in [3.63, 3.8) is 0 Å². The molecule has 1 fully saturated rings. The van der Waals surface area contributed by atoms with Gasteiger partial charge in [-0.25, -0.2) is 8.42 Å². The normalized spacial score (nSPS) is 15.7. The van der Waals surface area contributed by atoms with Crippen LogP contribution in [0.2, 0.25) is 0 Å². The summed E-state index contributed by atoms with van der Waals surface area (Å²) in [6.07, 6.45) is -4.67. The number of aryl methyl sites for hydroxylation is 1. The van der Waals surface area contributed by atoms with Crippen LogP contribution >= 0.6 is 11.3 Å². The third-order valence-corrected chi connectivity index (χ3v) is 8.64. The van der Waals surface area contributed by atoms with Crippen LogP contribution in [0, 0.1) is 6.92 Å². The summed E-state index contributed by atoms with van der Waals surface area (Å²) in [6.45, 7) is 4.54. The largest absolute Gasteiger partial charge is 0.452 e. The summed E-state index contributed by atoms with van der Waals surface area (Å²) in [5.74, 6) is -1.26. The van der Waals surface area contributed by atoms with E-state index in [1.165, 1.54) is 17.3 Å². The Hall–Kier alpha value is -2.70. The lowest BCUT2D eigenvalue weighted by Gasteiger charge is -2.35. The maximum absolute atomic E-state index is 13.2. The molecule has 1 saturated heterocycles. The molecular formula is C21H20F3N3O4S2. The Balaban J connectivity index is 1.49. The highest BCUT2D eigenvalue weighted by molar-refractivity contribution is 7.89. The lowest BCUT2D eigenvalue weighted by Crippen LogP contribution is -2.48. The summed E-state index contributed by atoms with van der Waals surface area (Å²) in [5.41, 5.74) is 1.45. The fourth-order valence-corrected chi connectivity index (χ4v) is 6.54. The van der Waals surface area contributed by atoms with Crippen molar-refractivity contribution in [1.82, 2.24) is 9.46 Å². The average Bonchev–Trinajstić information content (AvgIpc) is 3.41. The Kier molecular flexibility index (Phi) is 6.10. The van der Waals surface area contributed by atoms with Crippen LogP contribution in [-0.2, 0) is 16.2 Å². The molecule has 0 unspecified atom stereocenters. The number of carbonyl (C=O) groups is 1. The van der Waals surface area contributed by atoms with Crippen LogP contribution in [0.25, 0.3) is 10.6 Å². The number of nitrogens with zero attached hydrogens (tertiary/aromatic N) is 3. The van der Waals surface area contributed by atoms with Gasteiger partial charge in [0.2, 0.25) is 15.8 Å². The number of aromatic nitrogens is 1. The van der Waals surface area contributed by atoms with E-state index in [2.05, 4.69) is 9.68 Å². The van der Waals surface area contributed by atoms with Gasteiger partial charge >= 0.3 is 6.18 Å². The third-order valence-electron chi connectivity index (χ3n) is 5.41. The van der Waals surface area contributed by atoms with E-state index in [4.69, 9.17) is 0 Å². The molecule has 3 heterocycles. The Morgan fingerprint density at radius 3 is 2.27 bits per heavy atom. The van der Waals surface area contributed by atoms with E-state index in [1.807, 2.05) is 17.0 Å². The van der Waals surface area contributed by atoms with Crippen molar-refractivity contribution in [2.75, 3.05) is 31.1 Å². The first-order valence-corrected chi connectivity index (χ1v) is 12.2. The molecule has 4 rings (SSSR count). The molecule has 0 aliphatic carbocycles. The average molecular weight is 500 g/mol. The van der Waals surface area contributed by atoms with E-state index >= 15 is 0 Å². The number of alkyl halides is 3. The minimum Gasteiger partial charge on any atom is -0.369 e. The lowest BCUT2D eigenvalue weighted by atomic mass is 10.1. The highest BCUT2D eigenvalue weighted by Gasteiger charge is 2.37. The maximum Gasteiger partial charge on any atom is 0.452 e. The third kappa shape index (κ3) is 4.68. The van der Waals surface area contributed by atoms with Crippen LogP contribution in [0.15, 0.2) is 45.8 Å². The second-order valence-corrected chi connectivity index (χ2v) is 10.8.